The molecule has 1 aromatic rings. The molecule has 2 N–H and O–H groups in total. The van der Waals surface area contributed by atoms with Crippen molar-refractivity contribution >= 4 is 23.3 Å². The summed E-state index contributed by atoms with van der Waals surface area (Å²) in [5.41, 5.74) is 0. The highest BCUT2D eigenvalue weighted by atomic mass is 35.5. The summed E-state index contributed by atoms with van der Waals surface area (Å²) in [4.78, 5) is 19.2. The lowest BCUT2D eigenvalue weighted by molar-refractivity contribution is -0.121. The highest BCUT2D eigenvalue weighted by molar-refractivity contribution is 6.29. The van der Waals surface area contributed by atoms with Crippen molar-refractivity contribution < 1.29 is 4.79 Å². The fraction of sp³-hybridized carbons (Fsp3) is 0.545. The molecule has 1 unspecified atom stereocenters. The second kappa shape index (κ2) is 7.06. The zero-order valence-electron chi connectivity index (χ0n) is 10.0. The van der Waals surface area contributed by atoms with E-state index in [1.165, 1.54) is 6.33 Å². The van der Waals surface area contributed by atoms with E-state index in [1.54, 1.807) is 6.07 Å². The van der Waals surface area contributed by atoms with Crippen LogP contribution in [0.2, 0.25) is 5.15 Å². The second-order valence-electron chi connectivity index (χ2n) is 3.78. The van der Waals surface area contributed by atoms with Gasteiger partial charge in [-0.2, -0.15) is 0 Å². The molecule has 1 heterocycles. The van der Waals surface area contributed by atoms with Gasteiger partial charge in [0.1, 0.15) is 17.3 Å². The summed E-state index contributed by atoms with van der Waals surface area (Å²) in [6, 6.07) is 1.84. The minimum Gasteiger partial charge on any atom is -0.369 e. The second-order valence-corrected chi connectivity index (χ2v) is 4.17. The maximum absolute atomic E-state index is 11.5. The van der Waals surface area contributed by atoms with Crippen molar-refractivity contribution in [3.8, 4) is 0 Å². The molecule has 0 radical (unpaired) electrons. The topological polar surface area (TPSA) is 66.9 Å². The van der Waals surface area contributed by atoms with Crippen LogP contribution >= 0.6 is 11.6 Å². The minimum absolute atomic E-state index is 0.0343. The van der Waals surface area contributed by atoms with Crippen molar-refractivity contribution in [2.24, 2.45) is 0 Å². The first-order chi connectivity index (χ1) is 8.11. The molecule has 0 bridgehead atoms. The van der Waals surface area contributed by atoms with Crippen LogP contribution in [0.3, 0.4) is 0 Å². The van der Waals surface area contributed by atoms with Crippen LogP contribution in [0.5, 0.6) is 0 Å². The van der Waals surface area contributed by atoms with Gasteiger partial charge in [-0.1, -0.05) is 18.5 Å². The number of hydrogen-bond donors (Lipinski definition) is 2. The van der Waals surface area contributed by atoms with Gasteiger partial charge in [0.15, 0.2) is 0 Å². The number of anilines is 1. The number of nitrogens with one attached hydrogen (secondary N) is 2. The molecule has 0 aliphatic carbocycles. The zero-order valence-corrected chi connectivity index (χ0v) is 10.8. The molecule has 0 fully saturated rings. The molecule has 1 atom stereocenters. The Bertz CT molecular complexity index is 372. The van der Waals surface area contributed by atoms with E-state index in [1.807, 2.05) is 13.8 Å². The number of hydrogen-bond acceptors (Lipinski definition) is 4. The highest BCUT2D eigenvalue weighted by Gasteiger charge is 2.05. The van der Waals surface area contributed by atoms with E-state index in [0.717, 1.165) is 6.42 Å². The first-order valence-corrected chi connectivity index (χ1v) is 6.00. The lowest BCUT2D eigenvalue weighted by Gasteiger charge is -2.11. The molecular formula is C11H17ClN4O. The first-order valence-electron chi connectivity index (χ1n) is 5.62. The number of rotatable bonds is 6. The molecule has 1 amide bonds. The molecule has 6 heteroatoms. The van der Waals surface area contributed by atoms with E-state index in [2.05, 4.69) is 20.6 Å². The SMILES string of the molecule is CCC(C)NC(=O)CCNc1cc(Cl)ncn1. The maximum Gasteiger partial charge on any atom is 0.221 e. The Morgan fingerprint density at radius 2 is 2.29 bits per heavy atom. The van der Waals surface area contributed by atoms with Gasteiger partial charge < -0.3 is 10.6 Å². The Kier molecular flexibility index (Phi) is 5.69. The molecule has 1 rings (SSSR count). The predicted octanol–water partition coefficient (Wildman–Crippen LogP) is 1.85. The first kappa shape index (κ1) is 13.7. The molecule has 0 spiro atoms. The van der Waals surface area contributed by atoms with Crippen molar-refractivity contribution in [1.82, 2.24) is 15.3 Å². The molecule has 1 aromatic heterocycles. The Morgan fingerprint density at radius 3 is 2.94 bits per heavy atom. The molecule has 0 aromatic carbocycles. The minimum atomic E-state index is 0.0343. The molecule has 5 nitrogen and oxygen atoms in total. The summed E-state index contributed by atoms with van der Waals surface area (Å²) in [7, 11) is 0. The number of carbonyl (C=O) groups excluding carboxylic acids is 1. The summed E-state index contributed by atoms with van der Waals surface area (Å²) in [5, 5.41) is 6.28. The number of amides is 1. The summed E-state index contributed by atoms with van der Waals surface area (Å²) >= 11 is 5.70. The summed E-state index contributed by atoms with van der Waals surface area (Å²) in [6.45, 7) is 4.54. The third-order valence-electron chi connectivity index (χ3n) is 2.31. The molecule has 94 valence electrons. The van der Waals surface area contributed by atoms with Crippen molar-refractivity contribution in [3.05, 3.63) is 17.5 Å². The van der Waals surface area contributed by atoms with Gasteiger partial charge in [0, 0.05) is 25.1 Å². The smallest absolute Gasteiger partial charge is 0.221 e. The monoisotopic (exact) mass is 256 g/mol. The highest BCUT2D eigenvalue weighted by Crippen LogP contribution is 2.08. The van der Waals surface area contributed by atoms with Gasteiger partial charge in [0.2, 0.25) is 5.91 Å². The molecular weight excluding hydrogens is 240 g/mol. The largest absolute Gasteiger partial charge is 0.369 e. The van der Waals surface area contributed by atoms with E-state index in [0.29, 0.717) is 23.9 Å². The van der Waals surface area contributed by atoms with Gasteiger partial charge in [-0.3, -0.25) is 4.79 Å². The normalized spacial score (nSPS) is 11.9. The van der Waals surface area contributed by atoms with Gasteiger partial charge in [0.05, 0.1) is 0 Å². The molecule has 0 aliphatic heterocycles. The van der Waals surface area contributed by atoms with Crippen LogP contribution in [-0.4, -0.2) is 28.5 Å². The van der Waals surface area contributed by atoms with Crippen LogP contribution in [-0.2, 0) is 4.79 Å². The van der Waals surface area contributed by atoms with Crippen molar-refractivity contribution in [2.45, 2.75) is 32.7 Å². The Morgan fingerprint density at radius 1 is 1.53 bits per heavy atom. The van der Waals surface area contributed by atoms with Crippen molar-refractivity contribution in [1.29, 1.82) is 0 Å². The number of nitrogens with zero attached hydrogens (tertiary/aromatic N) is 2. The lowest BCUT2D eigenvalue weighted by atomic mass is 10.2. The van der Waals surface area contributed by atoms with Crippen molar-refractivity contribution in [2.75, 3.05) is 11.9 Å². The van der Waals surface area contributed by atoms with E-state index >= 15 is 0 Å². The number of aromatic nitrogens is 2. The third-order valence-corrected chi connectivity index (χ3v) is 2.52. The van der Waals surface area contributed by atoms with E-state index in [-0.39, 0.29) is 11.9 Å². The molecule has 0 saturated carbocycles. The van der Waals surface area contributed by atoms with Crippen LogP contribution in [0, 0.1) is 0 Å². The predicted molar refractivity (Wildman–Crippen MR) is 68.0 cm³/mol. The Hall–Kier alpha value is -1.36. The molecule has 0 saturated heterocycles. The summed E-state index contributed by atoms with van der Waals surface area (Å²) in [5.74, 6) is 0.661. The van der Waals surface area contributed by atoms with Crippen LogP contribution < -0.4 is 10.6 Å². The van der Waals surface area contributed by atoms with Crippen LogP contribution in [0.1, 0.15) is 26.7 Å². The van der Waals surface area contributed by atoms with Gasteiger partial charge >= 0.3 is 0 Å². The Balaban J connectivity index is 2.26. The number of halogens is 1. The molecule has 0 aliphatic rings. The zero-order chi connectivity index (χ0) is 12.7. The summed E-state index contributed by atoms with van der Waals surface area (Å²) in [6.07, 6.45) is 2.72. The average molecular weight is 257 g/mol. The van der Waals surface area contributed by atoms with E-state index in [9.17, 15) is 4.79 Å². The van der Waals surface area contributed by atoms with E-state index < -0.39 is 0 Å². The van der Waals surface area contributed by atoms with Gasteiger partial charge in [-0.05, 0) is 13.3 Å². The molecule has 17 heavy (non-hydrogen) atoms. The fourth-order valence-electron chi connectivity index (χ4n) is 1.18. The van der Waals surface area contributed by atoms with Crippen LogP contribution in [0.25, 0.3) is 0 Å². The maximum atomic E-state index is 11.5. The fourth-order valence-corrected chi connectivity index (χ4v) is 1.33. The van der Waals surface area contributed by atoms with Crippen LogP contribution in [0.15, 0.2) is 12.4 Å². The quantitative estimate of drug-likeness (QED) is 0.763. The van der Waals surface area contributed by atoms with Crippen LogP contribution in [0.4, 0.5) is 5.82 Å². The average Bonchev–Trinajstić information content (AvgIpc) is 2.29. The standard InChI is InChI=1S/C11H17ClN4O/c1-3-8(2)16-11(17)4-5-13-10-6-9(12)14-7-15-10/h6-8H,3-5H2,1-2H3,(H,16,17)(H,13,14,15). The van der Waals surface area contributed by atoms with Gasteiger partial charge in [0.25, 0.3) is 0 Å². The lowest BCUT2D eigenvalue weighted by Crippen LogP contribution is -2.32. The van der Waals surface area contributed by atoms with E-state index in [4.69, 9.17) is 11.6 Å². The Labute approximate surface area is 106 Å². The van der Waals surface area contributed by atoms with Crippen molar-refractivity contribution in [3.63, 3.8) is 0 Å². The third kappa shape index (κ3) is 5.49. The van der Waals surface area contributed by atoms with Gasteiger partial charge in [-0.15, -0.1) is 0 Å². The summed E-state index contributed by atoms with van der Waals surface area (Å²) < 4.78 is 0. The number of carbonyl (C=O) groups is 1. The van der Waals surface area contributed by atoms with Gasteiger partial charge in [-0.25, -0.2) is 9.97 Å².